The van der Waals surface area contributed by atoms with Gasteiger partial charge < -0.3 is 15.3 Å². The molecule has 0 amide bonds. The first-order valence-corrected chi connectivity index (χ1v) is 7.57. The fourth-order valence-corrected chi connectivity index (χ4v) is 3.04. The van der Waals surface area contributed by atoms with E-state index in [9.17, 15) is 8.94 Å². The summed E-state index contributed by atoms with van der Waals surface area (Å²) in [5.74, 6) is -0.285. The van der Waals surface area contributed by atoms with Gasteiger partial charge in [-0.25, -0.2) is 4.39 Å². The maximum absolute atomic E-state index is 13.2. The lowest BCUT2D eigenvalue weighted by atomic mass is 10.0. The molecule has 3 rings (SSSR count). The quantitative estimate of drug-likeness (QED) is 0.649. The molecule has 1 heterocycles. The molecule has 1 aromatic heterocycles. The van der Waals surface area contributed by atoms with Crippen LogP contribution < -0.4 is 10.9 Å². The van der Waals surface area contributed by atoms with Crippen LogP contribution in [0.1, 0.15) is 5.56 Å². The van der Waals surface area contributed by atoms with Crippen molar-refractivity contribution >= 4 is 22.3 Å². The van der Waals surface area contributed by atoms with Gasteiger partial charge in [0.25, 0.3) is 0 Å². The Morgan fingerprint density at radius 1 is 1.19 bits per heavy atom. The molecule has 5 N–H and O–H groups in total. The second-order valence-corrected chi connectivity index (χ2v) is 5.75. The molecule has 3 aromatic rings. The van der Waals surface area contributed by atoms with Gasteiger partial charge in [0.2, 0.25) is 0 Å². The van der Waals surface area contributed by atoms with Gasteiger partial charge >= 0.3 is 0 Å². The second kappa shape index (κ2) is 5.50. The minimum atomic E-state index is -1.56. The molecule has 0 saturated heterocycles. The topological polar surface area (TPSA) is 90.9 Å². The van der Waals surface area contributed by atoms with Gasteiger partial charge in [-0.3, -0.25) is 0 Å². The zero-order valence-electron chi connectivity index (χ0n) is 11.1. The van der Waals surface area contributed by atoms with Crippen molar-refractivity contribution in [1.82, 2.24) is 4.98 Å². The smallest absolute Gasteiger partial charge is 0.178 e. The van der Waals surface area contributed by atoms with E-state index in [1.54, 1.807) is 12.1 Å². The first-order chi connectivity index (χ1) is 10.1. The van der Waals surface area contributed by atoms with E-state index in [4.69, 9.17) is 10.9 Å². The molecule has 6 heteroatoms. The van der Waals surface area contributed by atoms with Gasteiger partial charge in [-0.1, -0.05) is 0 Å². The summed E-state index contributed by atoms with van der Waals surface area (Å²) in [4.78, 5) is 3.58. The summed E-state index contributed by atoms with van der Waals surface area (Å²) in [5, 5.41) is 6.35. The van der Waals surface area contributed by atoms with Crippen LogP contribution in [0.5, 0.6) is 0 Å². The number of rotatable bonds is 3. The SMILES string of the molecule is NCc1cc(-c2c[nH]c3cc(F)ccc23)ccc1[S+](N)[O-]. The molecule has 21 heavy (non-hydrogen) atoms. The highest BCUT2D eigenvalue weighted by Gasteiger charge is 2.14. The van der Waals surface area contributed by atoms with E-state index in [0.29, 0.717) is 4.90 Å². The minimum absolute atomic E-state index is 0.253. The predicted octanol–water partition coefficient (Wildman–Crippen LogP) is 2.41. The lowest BCUT2D eigenvalue weighted by Gasteiger charge is -2.09. The van der Waals surface area contributed by atoms with Crippen LogP contribution in [0.15, 0.2) is 47.5 Å². The van der Waals surface area contributed by atoms with Crippen LogP contribution in [0.25, 0.3) is 22.0 Å². The number of aromatic nitrogens is 1. The number of hydrogen-bond acceptors (Lipinski definition) is 3. The van der Waals surface area contributed by atoms with Gasteiger partial charge in [-0.2, -0.15) is 0 Å². The van der Waals surface area contributed by atoms with Gasteiger partial charge in [0.05, 0.1) is 11.4 Å². The van der Waals surface area contributed by atoms with Crippen molar-refractivity contribution < 1.29 is 8.94 Å². The third-order valence-corrected chi connectivity index (χ3v) is 4.28. The third kappa shape index (κ3) is 2.54. The molecule has 0 saturated carbocycles. The number of hydrogen-bond donors (Lipinski definition) is 3. The van der Waals surface area contributed by atoms with Crippen molar-refractivity contribution in [2.24, 2.45) is 10.9 Å². The Labute approximate surface area is 124 Å². The molecule has 2 aromatic carbocycles. The first kappa shape index (κ1) is 14.1. The minimum Gasteiger partial charge on any atom is -0.593 e. The monoisotopic (exact) mass is 303 g/mol. The Kier molecular flexibility index (Phi) is 3.69. The highest BCUT2D eigenvalue weighted by molar-refractivity contribution is 7.89. The van der Waals surface area contributed by atoms with Crippen molar-refractivity contribution in [2.75, 3.05) is 0 Å². The average molecular weight is 303 g/mol. The Bertz CT molecular complexity index is 801. The van der Waals surface area contributed by atoms with Crippen LogP contribution in [0.4, 0.5) is 4.39 Å². The highest BCUT2D eigenvalue weighted by Crippen LogP contribution is 2.31. The van der Waals surface area contributed by atoms with Crippen LogP contribution in [-0.2, 0) is 17.9 Å². The Balaban J connectivity index is 2.14. The van der Waals surface area contributed by atoms with Crippen molar-refractivity contribution in [3.63, 3.8) is 0 Å². The summed E-state index contributed by atoms with van der Waals surface area (Å²) in [6.45, 7) is 0.253. The molecule has 0 bridgehead atoms. The average Bonchev–Trinajstić information content (AvgIpc) is 2.89. The molecular weight excluding hydrogens is 289 g/mol. The van der Waals surface area contributed by atoms with E-state index in [2.05, 4.69) is 4.98 Å². The van der Waals surface area contributed by atoms with Crippen LogP contribution in [0.3, 0.4) is 0 Å². The molecule has 0 fully saturated rings. The summed E-state index contributed by atoms with van der Waals surface area (Å²) >= 11 is -1.56. The molecule has 0 radical (unpaired) electrons. The number of halogens is 1. The fraction of sp³-hybridized carbons (Fsp3) is 0.0667. The van der Waals surface area contributed by atoms with E-state index in [0.717, 1.165) is 27.6 Å². The normalized spacial score (nSPS) is 12.8. The number of fused-ring (bicyclic) bond motifs is 1. The Morgan fingerprint density at radius 3 is 2.71 bits per heavy atom. The fourth-order valence-electron chi connectivity index (χ4n) is 2.44. The molecule has 0 spiro atoms. The maximum Gasteiger partial charge on any atom is 0.178 e. The number of benzene rings is 2. The zero-order valence-corrected chi connectivity index (χ0v) is 11.9. The van der Waals surface area contributed by atoms with Gasteiger partial charge in [0, 0.05) is 34.8 Å². The molecule has 1 unspecified atom stereocenters. The van der Waals surface area contributed by atoms with Crippen LogP contribution in [0, 0.1) is 5.82 Å². The molecule has 108 valence electrons. The summed E-state index contributed by atoms with van der Waals surface area (Å²) in [7, 11) is 0. The lowest BCUT2D eigenvalue weighted by molar-refractivity contribution is 0.595. The van der Waals surface area contributed by atoms with Gasteiger partial charge in [-0.15, -0.1) is 5.14 Å². The molecule has 0 aliphatic heterocycles. The largest absolute Gasteiger partial charge is 0.593 e. The summed E-state index contributed by atoms with van der Waals surface area (Å²) in [6.07, 6.45) is 1.82. The van der Waals surface area contributed by atoms with Crippen LogP contribution in [0.2, 0.25) is 0 Å². The maximum atomic E-state index is 13.2. The van der Waals surface area contributed by atoms with Crippen molar-refractivity contribution in [1.29, 1.82) is 0 Å². The molecular formula is C15H14FN3OS. The number of nitrogens with one attached hydrogen (secondary N) is 1. The van der Waals surface area contributed by atoms with Crippen LogP contribution >= 0.6 is 0 Å². The second-order valence-electron chi connectivity index (χ2n) is 4.72. The number of H-pyrrole nitrogens is 1. The summed E-state index contributed by atoms with van der Waals surface area (Å²) < 4.78 is 24.7. The molecule has 4 nitrogen and oxygen atoms in total. The zero-order chi connectivity index (χ0) is 15.0. The van der Waals surface area contributed by atoms with Gasteiger partial charge in [0.15, 0.2) is 4.90 Å². The van der Waals surface area contributed by atoms with E-state index in [-0.39, 0.29) is 12.4 Å². The van der Waals surface area contributed by atoms with Crippen molar-refractivity contribution in [2.45, 2.75) is 11.4 Å². The van der Waals surface area contributed by atoms with E-state index in [1.807, 2.05) is 18.3 Å². The van der Waals surface area contributed by atoms with E-state index < -0.39 is 11.4 Å². The molecule has 0 aliphatic carbocycles. The van der Waals surface area contributed by atoms with E-state index in [1.165, 1.54) is 12.1 Å². The van der Waals surface area contributed by atoms with Gasteiger partial charge in [0.1, 0.15) is 5.82 Å². The third-order valence-electron chi connectivity index (χ3n) is 3.45. The lowest BCUT2D eigenvalue weighted by Crippen LogP contribution is -2.16. The molecule has 0 aliphatic rings. The predicted molar refractivity (Wildman–Crippen MR) is 82.2 cm³/mol. The standard InChI is InChI=1S/C15H14FN3OS/c16-11-2-3-12-13(8-19-14(12)6-11)9-1-4-15(21(18)20)10(5-9)7-17/h1-6,8,19H,7,17-18H2. The summed E-state index contributed by atoms with van der Waals surface area (Å²) in [6, 6.07) is 10.0. The number of nitrogens with two attached hydrogens (primary N) is 2. The first-order valence-electron chi connectivity index (χ1n) is 6.36. The van der Waals surface area contributed by atoms with Crippen molar-refractivity contribution in [3.8, 4) is 11.1 Å². The Hall–Kier alpha value is -1.86. The summed E-state index contributed by atoms with van der Waals surface area (Å²) in [5.41, 5.74) is 9.02. The van der Waals surface area contributed by atoms with Crippen LogP contribution in [-0.4, -0.2) is 9.54 Å². The van der Waals surface area contributed by atoms with Crippen molar-refractivity contribution in [3.05, 3.63) is 54.0 Å². The highest BCUT2D eigenvalue weighted by atomic mass is 32.2. The van der Waals surface area contributed by atoms with E-state index >= 15 is 0 Å². The molecule has 1 atom stereocenters. The number of aromatic amines is 1. The Morgan fingerprint density at radius 2 is 2.00 bits per heavy atom. The van der Waals surface area contributed by atoms with Gasteiger partial charge in [-0.05, 0) is 42.0 Å².